The predicted octanol–water partition coefficient (Wildman–Crippen LogP) is 4.63. The Bertz CT molecular complexity index is 978. The molecule has 1 aromatic carbocycles. The lowest BCUT2D eigenvalue weighted by atomic mass is 9.96. The van der Waals surface area contributed by atoms with E-state index in [0.717, 1.165) is 43.9 Å². The van der Waals surface area contributed by atoms with Crippen LogP contribution in [0, 0.1) is 6.92 Å². The van der Waals surface area contributed by atoms with Gasteiger partial charge in [-0.1, -0.05) is 26.0 Å². The van der Waals surface area contributed by atoms with Crippen molar-refractivity contribution in [2.75, 3.05) is 30.6 Å². The van der Waals surface area contributed by atoms with Crippen LogP contribution in [0.1, 0.15) is 67.8 Å². The van der Waals surface area contributed by atoms with Gasteiger partial charge in [0.1, 0.15) is 5.82 Å². The topological polar surface area (TPSA) is 50.7 Å². The molecule has 0 aliphatic carbocycles. The number of rotatable bonds is 5. The molecule has 0 saturated carbocycles. The van der Waals surface area contributed by atoms with Gasteiger partial charge < -0.3 is 19.3 Å². The van der Waals surface area contributed by atoms with Gasteiger partial charge in [-0.15, -0.1) is 0 Å². The Morgan fingerprint density at radius 1 is 1.06 bits per heavy atom. The molecule has 0 radical (unpaired) electrons. The van der Waals surface area contributed by atoms with Crippen molar-refractivity contribution in [1.29, 1.82) is 0 Å². The molecule has 6 nitrogen and oxygen atoms in total. The minimum atomic E-state index is 0.362. The molecule has 1 aromatic heterocycles. The van der Waals surface area contributed by atoms with Crippen LogP contribution in [0.15, 0.2) is 18.2 Å². The van der Waals surface area contributed by atoms with E-state index in [4.69, 9.17) is 19.4 Å². The summed E-state index contributed by atoms with van der Waals surface area (Å²) < 4.78 is 11.3. The summed E-state index contributed by atoms with van der Waals surface area (Å²) >= 11 is 0. The minimum Gasteiger partial charge on any atom is -0.467 e. The number of methoxy groups -OCH3 is 2. The molecule has 172 valence electrons. The largest absolute Gasteiger partial charge is 0.467 e. The van der Waals surface area contributed by atoms with E-state index in [9.17, 15) is 0 Å². The number of aromatic nitrogens is 2. The Morgan fingerprint density at radius 3 is 2.47 bits per heavy atom. The van der Waals surface area contributed by atoms with Crippen LogP contribution in [0.2, 0.25) is 0 Å². The van der Waals surface area contributed by atoms with E-state index in [2.05, 4.69) is 48.8 Å². The van der Waals surface area contributed by atoms with Gasteiger partial charge in [0.25, 0.3) is 0 Å². The third kappa shape index (κ3) is 3.72. The second-order valence-corrected chi connectivity index (χ2v) is 9.95. The first-order valence-electron chi connectivity index (χ1n) is 12.1. The zero-order valence-electron chi connectivity index (χ0n) is 20.1. The molecule has 32 heavy (non-hydrogen) atoms. The highest BCUT2D eigenvalue weighted by Crippen LogP contribution is 2.43. The molecule has 0 amide bonds. The Hall–Kier alpha value is -2.34. The first-order valence-corrected chi connectivity index (χ1v) is 12.1. The van der Waals surface area contributed by atoms with E-state index < -0.39 is 0 Å². The maximum atomic E-state index is 5.74. The number of anilines is 2. The van der Waals surface area contributed by atoms with E-state index in [1.165, 1.54) is 35.2 Å². The van der Waals surface area contributed by atoms with Gasteiger partial charge in [-0.3, -0.25) is 0 Å². The van der Waals surface area contributed by atoms with E-state index in [-0.39, 0.29) is 0 Å². The summed E-state index contributed by atoms with van der Waals surface area (Å²) in [4.78, 5) is 14.8. The zero-order valence-corrected chi connectivity index (χ0v) is 20.1. The van der Waals surface area contributed by atoms with Crippen LogP contribution in [0.3, 0.4) is 0 Å². The van der Waals surface area contributed by atoms with Crippen molar-refractivity contribution in [2.24, 2.45) is 0 Å². The predicted molar refractivity (Wildman–Crippen MR) is 128 cm³/mol. The molecule has 2 aromatic rings. The number of piperidine rings is 1. The highest BCUT2D eigenvalue weighted by Gasteiger charge is 2.43. The number of benzene rings is 1. The lowest BCUT2D eigenvalue weighted by Crippen LogP contribution is -2.47. The molecule has 0 spiro atoms. The average molecular weight is 437 g/mol. The fourth-order valence-electron chi connectivity index (χ4n) is 5.88. The van der Waals surface area contributed by atoms with E-state index in [0.29, 0.717) is 30.1 Å². The third-order valence-electron chi connectivity index (χ3n) is 7.71. The first-order chi connectivity index (χ1) is 15.5. The Labute approximate surface area is 191 Å². The van der Waals surface area contributed by atoms with Crippen molar-refractivity contribution in [1.82, 2.24) is 9.97 Å². The molecule has 3 aliphatic rings. The molecule has 6 heteroatoms. The van der Waals surface area contributed by atoms with Crippen molar-refractivity contribution < 1.29 is 9.47 Å². The maximum Gasteiger partial charge on any atom is 0.318 e. The van der Waals surface area contributed by atoms with Crippen molar-refractivity contribution >= 4 is 11.5 Å². The molecular formula is C26H36N4O2. The number of hydrogen-bond acceptors (Lipinski definition) is 6. The fourth-order valence-corrected chi connectivity index (χ4v) is 5.88. The van der Waals surface area contributed by atoms with Gasteiger partial charge in [0, 0.05) is 50.0 Å². The van der Waals surface area contributed by atoms with Crippen LogP contribution in [-0.2, 0) is 17.7 Å². The van der Waals surface area contributed by atoms with Crippen LogP contribution >= 0.6 is 0 Å². The average Bonchev–Trinajstić information content (AvgIpc) is 3.06. The van der Waals surface area contributed by atoms with Gasteiger partial charge >= 0.3 is 6.01 Å². The standard InChI is InChI=1S/C26H36N4O2/c1-16(2)18-7-6-17(3)24(12-18)29-11-10-23-22(15-29)25(28-26(27-23)32-5)30-19-8-9-20(30)14-21(13-19)31-4/h6-7,12,16,19-21H,8-11,13-15H2,1-5H3. The molecule has 2 saturated heterocycles. The Balaban J connectivity index is 1.52. The lowest BCUT2D eigenvalue weighted by molar-refractivity contribution is 0.0681. The van der Waals surface area contributed by atoms with Crippen LogP contribution in [0.25, 0.3) is 0 Å². The molecule has 4 heterocycles. The second kappa shape index (κ2) is 8.54. The van der Waals surface area contributed by atoms with Crippen molar-refractivity contribution in [3.8, 4) is 6.01 Å². The quantitative estimate of drug-likeness (QED) is 0.681. The number of fused-ring (bicyclic) bond motifs is 3. The van der Waals surface area contributed by atoms with E-state index >= 15 is 0 Å². The monoisotopic (exact) mass is 436 g/mol. The van der Waals surface area contributed by atoms with E-state index in [1.54, 1.807) is 7.11 Å². The number of hydrogen-bond donors (Lipinski definition) is 0. The van der Waals surface area contributed by atoms with Gasteiger partial charge in [-0.25, -0.2) is 0 Å². The lowest BCUT2D eigenvalue weighted by Gasteiger charge is -2.41. The van der Waals surface area contributed by atoms with Crippen molar-refractivity contribution in [3.05, 3.63) is 40.6 Å². The molecule has 3 aliphatic heterocycles. The summed E-state index contributed by atoms with van der Waals surface area (Å²) in [5.74, 6) is 1.61. The number of aryl methyl sites for hydroxylation is 1. The van der Waals surface area contributed by atoms with Gasteiger partial charge in [0.05, 0.1) is 18.9 Å². The minimum absolute atomic E-state index is 0.362. The molecule has 2 fully saturated rings. The van der Waals surface area contributed by atoms with Crippen molar-refractivity contribution in [3.63, 3.8) is 0 Å². The van der Waals surface area contributed by atoms with Crippen LogP contribution < -0.4 is 14.5 Å². The molecular weight excluding hydrogens is 400 g/mol. The van der Waals surface area contributed by atoms with Crippen LogP contribution in [0.5, 0.6) is 6.01 Å². The summed E-state index contributed by atoms with van der Waals surface area (Å²) in [6.45, 7) is 8.56. The first kappa shape index (κ1) is 21.5. The summed E-state index contributed by atoms with van der Waals surface area (Å²) in [5, 5.41) is 0. The van der Waals surface area contributed by atoms with Gasteiger partial charge in [0.2, 0.25) is 0 Å². The number of nitrogens with zero attached hydrogens (tertiary/aromatic N) is 4. The fraction of sp³-hybridized carbons (Fsp3) is 0.615. The van der Waals surface area contributed by atoms with Gasteiger partial charge in [-0.2, -0.15) is 9.97 Å². The smallest absolute Gasteiger partial charge is 0.318 e. The van der Waals surface area contributed by atoms with Crippen LogP contribution in [-0.4, -0.2) is 48.9 Å². The molecule has 5 rings (SSSR count). The molecule has 0 N–H and O–H groups in total. The van der Waals surface area contributed by atoms with E-state index in [1.807, 2.05) is 7.11 Å². The zero-order chi connectivity index (χ0) is 22.4. The third-order valence-corrected chi connectivity index (χ3v) is 7.71. The highest BCUT2D eigenvalue weighted by atomic mass is 16.5. The number of ether oxygens (including phenoxy) is 2. The normalized spacial score (nSPS) is 24.8. The molecule has 2 unspecified atom stereocenters. The summed E-state index contributed by atoms with van der Waals surface area (Å²) in [5.41, 5.74) is 6.48. The maximum absolute atomic E-state index is 5.74. The molecule has 2 atom stereocenters. The summed E-state index contributed by atoms with van der Waals surface area (Å²) in [7, 11) is 3.52. The van der Waals surface area contributed by atoms with Gasteiger partial charge in [-0.05, 0) is 55.7 Å². The summed E-state index contributed by atoms with van der Waals surface area (Å²) in [6.07, 6.45) is 5.86. The molecule has 2 bridgehead atoms. The SMILES string of the molecule is COc1nc2c(c(N3C4CCC3CC(OC)C4)n1)CN(c1cc(C(C)C)ccc1C)CC2. The van der Waals surface area contributed by atoms with Crippen LogP contribution in [0.4, 0.5) is 11.5 Å². The summed E-state index contributed by atoms with van der Waals surface area (Å²) in [6, 6.07) is 8.38. The second-order valence-electron chi connectivity index (χ2n) is 9.95. The Kier molecular flexibility index (Phi) is 5.74. The van der Waals surface area contributed by atoms with Crippen molar-refractivity contribution in [2.45, 2.75) is 83.5 Å². The highest BCUT2D eigenvalue weighted by molar-refractivity contribution is 5.61. The Morgan fingerprint density at radius 2 is 1.81 bits per heavy atom. The van der Waals surface area contributed by atoms with Gasteiger partial charge in [0.15, 0.2) is 0 Å².